The standard InChI is InChI=1S/C20H26N4O3S2/c1-6-23(7-2)29(26,27)17-10-8-9-16(11-17)19(25)22(5)13-18-15(4)21-20-24(18)12-14(3)28-20/h8-12H,6-7,13H2,1-5H3. The molecule has 0 unspecified atom stereocenters. The van der Waals surface area contributed by atoms with Crippen LogP contribution in [0.5, 0.6) is 0 Å². The molecule has 0 atom stereocenters. The van der Waals surface area contributed by atoms with Crippen LogP contribution in [0.2, 0.25) is 0 Å². The number of sulfonamides is 1. The first kappa shape index (κ1) is 21.5. The van der Waals surface area contributed by atoms with Crippen LogP contribution in [0.4, 0.5) is 0 Å². The molecule has 0 aliphatic rings. The molecule has 3 rings (SSSR count). The van der Waals surface area contributed by atoms with E-state index in [0.29, 0.717) is 25.2 Å². The second-order valence-electron chi connectivity index (χ2n) is 6.92. The van der Waals surface area contributed by atoms with Crippen molar-refractivity contribution in [2.75, 3.05) is 20.1 Å². The van der Waals surface area contributed by atoms with E-state index in [4.69, 9.17) is 0 Å². The number of carbonyl (C=O) groups is 1. The third-order valence-corrected chi connectivity index (χ3v) is 7.84. The van der Waals surface area contributed by atoms with E-state index in [-0.39, 0.29) is 10.8 Å². The van der Waals surface area contributed by atoms with Gasteiger partial charge < -0.3 is 4.90 Å². The number of aryl methyl sites for hydroxylation is 2. The van der Waals surface area contributed by atoms with Gasteiger partial charge in [-0.05, 0) is 32.0 Å². The van der Waals surface area contributed by atoms with Gasteiger partial charge in [0.25, 0.3) is 5.91 Å². The number of hydrogen-bond acceptors (Lipinski definition) is 5. The van der Waals surface area contributed by atoms with Crippen LogP contribution in [0.15, 0.2) is 35.4 Å². The summed E-state index contributed by atoms with van der Waals surface area (Å²) in [6.45, 7) is 8.69. The van der Waals surface area contributed by atoms with Gasteiger partial charge in [0.1, 0.15) is 0 Å². The zero-order valence-electron chi connectivity index (χ0n) is 17.3. The van der Waals surface area contributed by atoms with Gasteiger partial charge in [-0.15, -0.1) is 11.3 Å². The van der Waals surface area contributed by atoms with Crippen molar-refractivity contribution in [3.8, 4) is 0 Å². The van der Waals surface area contributed by atoms with Crippen LogP contribution < -0.4 is 0 Å². The second kappa shape index (κ2) is 8.25. The molecular weight excluding hydrogens is 408 g/mol. The van der Waals surface area contributed by atoms with Gasteiger partial charge in [0, 0.05) is 36.8 Å². The molecule has 2 aromatic heterocycles. The number of carbonyl (C=O) groups excluding carboxylic acids is 1. The van der Waals surface area contributed by atoms with Gasteiger partial charge in [0.15, 0.2) is 4.96 Å². The van der Waals surface area contributed by atoms with Crippen LogP contribution in [0.1, 0.15) is 40.5 Å². The van der Waals surface area contributed by atoms with Gasteiger partial charge >= 0.3 is 0 Å². The molecule has 156 valence electrons. The van der Waals surface area contributed by atoms with Crippen LogP contribution in [-0.2, 0) is 16.6 Å². The van der Waals surface area contributed by atoms with Crippen molar-refractivity contribution in [3.05, 3.63) is 52.3 Å². The first-order valence-corrected chi connectivity index (χ1v) is 11.7. The van der Waals surface area contributed by atoms with Gasteiger partial charge in [-0.25, -0.2) is 13.4 Å². The van der Waals surface area contributed by atoms with E-state index in [9.17, 15) is 13.2 Å². The highest BCUT2D eigenvalue weighted by atomic mass is 32.2. The summed E-state index contributed by atoms with van der Waals surface area (Å²) in [5.41, 5.74) is 2.18. The normalized spacial score (nSPS) is 12.1. The molecule has 0 fully saturated rings. The van der Waals surface area contributed by atoms with Gasteiger partial charge in [-0.3, -0.25) is 9.20 Å². The molecule has 0 saturated carbocycles. The Morgan fingerprint density at radius 1 is 1.21 bits per heavy atom. The second-order valence-corrected chi connectivity index (χ2v) is 10.1. The maximum Gasteiger partial charge on any atom is 0.253 e. The van der Waals surface area contributed by atoms with Crippen LogP contribution in [-0.4, -0.2) is 53.1 Å². The topological polar surface area (TPSA) is 75.0 Å². The highest BCUT2D eigenvalue weighted by Crippen LogP contribution is 2.23. The number of fused-ring (bicyclic) bond motifs is 1. The molecule has 0 spiro atoms. The maximum absolute atomic E-state index is 13.0. The lowest BCUT2D eigenvalue weighted by atomic mass is 10.2. The Labute approximate surface area is 175 Å². The summed E-state index contributed by atoms with van der Waals surface area (Å²) in [4.78, 5) is 21.3. The Balaban J connectivity index is 1.87. The highest BCUT2D eigenvalue weighted by Gasteiger charge is 2.24. The van der Waals surface area contributed by atoms with Gasteiger partial charge in [-0.1, -0.05) is 19.9 Å². The quantitative estimate of drug-likeness (QED) is 0.572. The number of aromatic nitrogens is 2. The van der Waals surface area contributed by atoms with Gasteiger partial charge in [0.05, 0.1) is 22.8 Å². The van der Waals surface area contributed by atoms with E-state index in [2.05, 4.69) is 4.98 Å². The molecule has 29 heavy (non-hydrogen) atoms. The monoisotopic (exact) mass is 434 g/mol. The SMILES string of the molecule is CCN(CC)S(=O)(=O)c1cccc(C(=O)N(C)Cc2c(C)nc3sc(C)cn23)c1. The third kappa shape index (κ3) is 4.08. The van der Waals surface area contributed by atoms with Crippen LogP contribution >= 0.6 is 11.3 Å². The Bertz CT molecular complexity index is 1140. The summed E-state index contributed by atoms with van der Waals surface area (Å²) < 4.78 is 29.0. The van der Waals surface area contributed by atoms with E-state index in [1.54, 1.807) is 49.3 Å². The summed E-state index contributed by atoms with van der Waals surface area (Å²) in [7, 11) is -1.90. The largest absolute Gasteiger partial charge is 0.336 e. The number of rotatable bonds is 7. The smallest absolute Gasteiger partial charge is 0.253 e. The number of imidazole rings is 1. The van der Waals surface area contributed by atoms with Crippen molar-refractivity contribution in [3.63, 3.8) is 0 Å². The maximum atomic E-state index is 13.0. The highest BCUT2D eigenvalue weighted by molar-refractivity contribution is 7.89. The van der Waals surface area contributed by atoms with Crippen molar-refractivity contribution in [2.24, 2.45) is 0 Å². The fourth-order valence-electron chi connectivity index (χ4n) is 3.32. The number of amides is 1. The molecule has 0 N–H and O–H groups in total. The molecule has 1 amide bonds. The molecule has 0 bridgehead atoms. The minimum Gasteiger partial charge on any atom is -0.336 e. The van der Waals surface area contributed by atoms with E-state index >= 15 is 0 Å². The molecule has 0 aliphatic carbocycles. The minimum atomic E-state index is -3.62. The van der Waals surface area contributed by atoms with Crippen LogP contribution in [0.3, 0.4) is 0 Å². The summed E-state index contributed by atoms with van der Waals surface area (Å²) >= 11 is 1.61. The average molecular weight is 435 g/mol. The molecule has 0 aliphatic heterocycles. The Hall–Kier alpha value is -2.23. The lowest BCUT2D eigenvalue weighted by Crippen LogP contribution is -2.31. The molecule has 3 aromatic rings. The summed E-state index contributed by atoms with van der Waals surface area (Å²) in [6, 6.07) is 6.25. The lowest BCUT2D eigenvalue weighted by Gasteiger charge is -2.20. The summed E-state index contributed by atoms with van der Waals surface area (Å²) in [5.74, 6) is -0.233. The van der Waals surface area contributed by atoms with Crippen molar-refractivity contribution in [2.45, 2.75) is 39.1 Å². The molecule has 9 heteroatoms. The van der Waals surface area contributed by atoms with Crippen molar-refractivity contribution >= 4 is 32.2 Å². The van der Waals surface area contributed by atoms with E-state index in [1.165, 1.54) is 16.4 Å². The fourth-order valence-corrected chi connectivity index (χ4v) is 5.71. The summed E-state index contributed by atoms with van der Waals surface area (Å²) in [5, 5.41) is 0. The fraction of sp³-hybridized carbons (Fsp3) is 0.400. The molecule has 1 aromatic carbocycles. The first-order valence-electron chi connectivity index (χ1n) is 9.48. The number of benzene rings is 1. The number of nitrogens with zero attached hydrogens (tertiary/aromatic N) is 4. The zero-order chi connectivity index (χ0) is 21.3. The molecule has 2 heterocycles. The predicted molar refractivity (Wildman–Crippen MR) is 115 cm³/mol. The van der Waals surface area contributed by atoms with Gasteiger partial charge in [0.2, 0.25) is 10.0 Å². The van der Waals surface area contributed by atoms with Gasteiger partial charge in [-0.2, -0.15) is 4.31 Å². The Morgan fingerprint density at radius 3 is 2.55 bits per heavy atom. The van der Waals surface area contributed by atoms with Crippen molar-refractivity contribution in [1.29, 1.82) is 0 Å². The molecule has 0 radical (unpaired) electrons. The Morgan fingerprint density at radius 2 is 1.90 bits per heavy atom. The lowest BCUT2D eigenvalue weighted by molar-refractivity contribution is 0.0782. The number of thiazole rings is 1. The van der Waals surface area contributed by atoms with Crippen LogP contribution in [0, 0.1) is 13.8 Å². The zero-order valence-corrected chi connectivity index (χ0v) is 19.0. The molecule has 7 nitrogen and oxygen atoms in total. The first-order chi connectivity index (χ1) is 13.7. The molecule has 0 saturated heterocycles. The van der Waals surface area contributed by atoms with Crippen molar-refractivity contribution < 1.29 is 13.2 Å². The average Bonchev–Trinajstić information content (AvgIpc) is 3.18. The minimum absolute atomic E-state index is 0.136. The van der Waals surface area contributed by atoms with E-state index in [0.717, 1.165) is 21.2 Å². The molecular formula is C20H26N4O3S2. The van der Waals surface area contributed by atoms with Crippen LogP contribution in [0.25, 0.3) is 4.96 Å². The Kier molecular flexibility index (Phi) is 6.11. The summed E-state index contributed by atoms with van der Waals surface area (Å²) in [6.07, 6.45) is 2.02. The predicted octanol–water partition coefficient (Wildman–Crippen LogP) is 3.32. The number of hydrogen-bond donors (Lipinski definition) is 0. The third-order valence-electron chi connectivity index (χ3n) is 4.90. The van der Waals surface area contributed by atoms with E-state index < -0.39 is 10.0 Å². The van der Waals surface area contributed by atoms with E-state index in [1.807, 2.05) is 24.4 Å². The van der Waals surface area contributed by atoms with Crippen molar-refractivity contribution in [1.82, 2.24) is 18.6 Å².